The van der Waals surface area contributed by atoms with Crippen molar-refractivity contribution in [3.8, 4) is 0 Å². The molecule has 6 heteroatoms. The van der Waals surface area contributed by atoms with E-state index >= 15 is 0 Å². The Morgan fingerprint density at radius 2 is 1.57 bits per heavy atom. The van der Waals surface area contributed by atoms with Crippen LogP contribution in [0.4, 0.5) is 0 Å². The number of hydrogen-bond acceptors (Lipinski definition) is 4. The van der Waals surface area contributed by atoms with Crippen LogP contribution in [0.5, 0.6) is 0 Å². The molecule has 0 aliphatic heterocycles. The molecule has 14 heavy (non-hydrogen) atoms. The quantitative estimate of drug-likeness (QED) is 0.749. The fourth-order valence-electron chi connectivity index (χ4n) is 0.562. The molecule has 0 aromatic carbocycles. The summed E-state index contributed by atoms with van der Waals surface area (Å²) in [6.07, 6.45) is 9.76. The maximum absolute atomic E-state index is 3.83. The summed E-state index contributed by atoms with van der Waals surface area (Å²) < 4.78 is 1.69. The van der Waals surface area contributed by atoms with Gasteiger partial charge in [-0.3, -0.25) is 4.98 Å². The Hall–Kier alpha value is -0.880. The lowest BCUT2D eigenvalue weighted by Crippen LogP contribution is -1.72. The van der Waals surface area contributed by atoms with Crippen LogP contribution in [0.3, 0.4) is 0 Å². The third-order valence-electron chi connectivity index (χ3n) is 1.06. The fraction of sp³-hybridized carbons (Fsp3) is 0. The van der Waals surface area contributed by atoms with E-state index in [1.165, 1.54) is 6.33 Å². The number of nitrogens with zero attached hydrogens (tertiary/aromatic N) is 4. The molecule has 0 atom stereocenters. The molecular formula is C8H6Br2N4. The van der Waals surface area contributed by atoms with Crippen LogP contribution >= 0.6 is 31.9 Å². The van der Waals surface area contributed by atoms with Crippen molar-refractivity contribution in [2.45, 2.75) is 0 Å². The van der Waals surface area contributed by atoms with Crippen LogP contribution in [-0.4, -0.2) is 19.9 Å². The van der Waals surface area contributed by atoms with Gasteiger partial charge in [-0.25, -0.2) is 15.0 Å². The molecule has 0 amide bonds. The summed E-state index contributed by atoms with van der Waals surface area (Å²) in [5.74, 6) is 0. The molecule has 0 radical (unpaired) electrons. The smallest absolute Gasteiger partial charge is 0.124 e. The van der Waals surface area contributed by atoms with Crippen molar-refractivity contribution in [1.82, 2.24) is 19.9 Å². The first-order chi connectivity index (χ1) is 6.79. The van der Waals surface area contributed by atoms with Gasteiger partial charge in [-0.2, -0.15) is 0 Å². The molecule has 2 aromatic heterocycles. The summed E-state index contributed by atoms with van der Waals surface area (Å²) in [6, 6.07) is 0. The van der Waals surface area contributed by atoms with E-state index in [1.807, 2.05) is 0 Å². The van der Waals surface area contributed by atoms with Gasteiger partial charge in [0.1, 0.15) is 10.9 Å². The zero-order valence-electron chi connectivity index (χ0n) is 7.01. The third-order valence-corrected chi connectivity index (χ3v) is 1.88. The summed E-state index contributed by atoms with van der Waals surface area (Å²) in [7, 11) is 0. The average Bonchev–Trinajstić information content (AvgIpc) is 2.21. The second-order valence-corrected chi connectivity index (χ2v) is 3.81. The van der Waals surface area contributed by atoms with Gasteiger partial charge in [0.2, 0.25) is 0 Å². The normalized spacial score (nSPS) is 8.71. The second-order valence-electron chi connectivity index (χ2n) is 2.08. The van der Waals surface area contributed by atoms with Crippen LogP contribution in [0.25, 0.3) is 0 Å². The molecule has 0 fully saturated rings. The molecule has 0 saturated carbocycles. The Labute approximate surface area is 98.1 Å². The zero-order chi connectivity index (χ0) is 10.2. The highest BCUT2D eigenvalue weighted by Gasteiger charge is 1.77. The molecular weight excluding hydrogens is 312 g/mol. The van der Waals surface area contributed by atoms with Crippen molar-refractivity contribution in [3.63, 3.8) is 0 Å². The summed E-state index contributed by atoms with van der Waals surface area (Å²) in [4.78, 5) is 15.1. The molecule has 0 N–H and O–H groups in total. The maximum atomic E-state index is 3.83. The van der Waals surface area contributed by atoms with Crippen LogP contribution < -0.4 is 0 Å². The Balaban J connectivity index is 0.000000140. The van der Waals surface area contributed by atoms with Crippen molar-refractivity contribution in [2.24, 2.45) is 0 Å². The van der Waals surface area contributed by atoms with Gasteiger partial charge in [-0.1, -0.05) is 0 Å². The van der Waals surface area contributed by atoms with Gasteiger partial charge in [0.15, 0.2) is 0 Å². The molecule has 4 nitrogen and oxygen atoms in total. The third kappa shape index (κ3) is 4.98. The number of halogens is 2. The minimum Gasteiger partial charge on any atom is -0.260 e. The van der Waals surface area contributed by atoms with Crippen LogP contribution in [0.15, 0.2) is 46.4 Å². The lowest BCUT2D eigenvalue weighted by molar-refractivity contribution is 1.15. The minimum atomic E-state index is 0.773. The largest absolute Gasteiger partial charge is 0.260 e. The Morgan fingerprint density at radius 1 is 0.857 bits per heavy atom. The first-order valence-corrected chi connectivity index (χ1v) is 5.19. The van der Waals surface area contributed by atoms with Crippen LogP contribution in [0, 0.1) is 0 Å². The fourth-order valence-corrected chi connectivity index (χ4v) is 1.03. The molecule has 0 aliphatic carbocycles. The second kappa shape index (κ2) is 6.56. The summed E-state index contributed by atoms with van der Waals surface area (Å²) in [5.41, 5.74) is 0. The van der Waals surface area contributed by atoms with Crippen molar-refractivity contribution >= 4 is 31.9 Å². The highest BCUT2D eigenvalue weighted by atomic mass is 79.9. The van der Waals surface area contributed by atoms with E-state index in [4.69, 9.17) is 0 Å². The minimum absolute atomic E-state index is 0.773. The Kier molecular flexibility index (Phi) is 5.24. The van der Waals surface area contributed by atoms with Crippen LogP contribution in [0.1, 0.15) is 0 Å². The topological polar surface area (TPSA) is 51.6 Å². The molecule has 0 aliphatic rings. The van der Waals surface area contributed by atoms with E-state index in [0.29, 0.717) is 0 Å². The van der Waals surface area contributed by atoms with Gasteiger partial charge in [0.25, 0.3) is 0 Å². The average molecular weight is 318 g/mol. The SMILES string of the molecule is Brc1cnccn1.Brc1cncnc1. The highest BCUT2D eigenvalue weighted by Crippen LogP contribution is 2.00. The van der Waals surface area contributed by atoms with Gasteiger partial charge >= 0.3 is 0 Å². The zero-order valence-corrected chi connectivity index (χ0v) is 10.2. The van der Waals surface area contributed by atoms with Crippen molar-refractivity contribution in [1.29, 1.82) is 0 Å². The molecule has 2 aromatic rings. The van der Waals surface area contributed by atoms with Gasteiger partial charge in [-0.05, 0) is 31.9 Å². The van der Waals surface area contributed by atoms with Gasteiger partial charge in [0.05, 0.1) is 10.7 Å². The van der Waals surface area contributed by atoms with Gasteiger partial charge in [0, 0.05) is 24.8 Å². The van der Waals surface area contributed by atoms with Crippen molar-refractivity contribution < 1.29 is 0 Å². The van der Waals surface area contributed by atoms with E-state index in [1.54, 1.807) is 31.0 Å². The Bertz CT molecular complexity index is 317. The van der Waals surface area contributed by atoms with Crippen molar-refractivity contribution in [2.75, 3.05) is 0 Å². The number of aromatic nitrogens is 4. The van der Waals surface area contributed by atoms with E-state index in [-0.39, 0.29) is 0 Å². The monoisotopic (exact) mass is 316 g/mol. The molecule has 2 rings (SSSR count). The molecule has 0 unspecified atom stereocenters. The van der Waals surface area contributed by atoms with E-state index in [9.17, 15) is 0 Å². The number of rotatable bonds is 0. The molecule has 2 heterocycles. The Morgan fingerprint density at radius 3 is 1.86 bits per heavy atom. The van der Waals surface area contributed by atoms with Crippen LogP contribution in [0.2, 0.25) is 0 Å². The van der Waals surface area contributed by atoms with E-state index in [2.05, 4.69) is 51.8 Å². The maximum Gasteiger partial charge on any atom is 0.124 e. The molecule has 0 saturated heterocycles. The van der Waals surface area contributed by atoms with Gasteiger partial charge in [-0.15, -0.1) is 0 Å². The van der Waals surface area contributed by atoms with Crippen molar-refractivity contribution in [3.05, 3.63) is 46.4 Å². The van der Waals surface area contributed by atoms with Crippen LogP contribution in [-0.2, 0) is 0 Å². The summed E-state index contributed by atoms with van der Waals surface area (Å²) in [5, 5.41) is 0. The number of hydrogen-bond donors (Lipinski definition) is 0. The highest BCUT2D eigenvalue weighted by molar-refractivity contribution is 9.10. The molecule has 0 spiro atoms. The lowest BCUT2D eigenvalue weighted by Gasteiger charge is -1.79. The summed E-state index contributed by atoms with van der Waals surface area (Å²) >= 11 is 6.32. The molecule has 0 bridgehead atoms. The van der Waals surface area contributed by atoms with E-state index < -0.39 is 0 Å². The molecule has 72 valence electrons. The standard InChI is InChI=1S/2C4H3BrN2/c5-4-1-6-3-7-2-4;5-4-3-6-1-2-7-4/h2*1-3H. The first-order valence-electron chi connectivity index (χ1n) is 3.61. The first kappa shape index (κ1) is 11.2. The predicted molar refractivity (Wildman–Crippen MR) is 59.5 cm³/mol. The van der Waals surface area contributed by atoms with Gasteiger partial charge < -0.3 is 0 Å². The lowest BCUT2D eigenvalue weighted by atomic mass is 10.7. The summed E-state index contributed by atoms with van der Waals surface area (Å²) in [6.45, 7) is 0. The van der Waals surface area contributed by atoms with E-state index in [0.717, 1.165) is 9.08 Å². The predicted octanol–water partition coefficient (Wildman–Crippen LogP) is 2.48.